The third-order valence-corrected chi connectivity index (χ3v) is 19.9. The number of rotatable bonds is 30. The smallest absolute Gasteiger partial charge is 0.217 e. The Bertz CT molecular complexity index is 3150. The lowest BCUT2D eigenvalue weighted by Crippen LogP contribution is -2.72. The van der Waals surface area contributed by atoms with E-state index in [0.717, 1.165) is 55.4 Å². The zero-order chi connectivity index (χ0) is 83.6. The molecule has 0 aromatic carbocycles. The van der Waals surface area contributed by atoms with E-state index in [4.69, 9.17) is 71.1 Å². The molecule has 8 aliphatic heterocycles. The average Bonchev–Trinajstić information content (AvgIpc) is 0.768. The zero-order valence-corrected chi connectivity index (χ0v) is 62.2. The van der Waals surface area contributed by atoms with E-state index in [-0.39, 0.29) is 0 Å². The van der Waals surface area contributed by atoms with E-state index in [2.05, 4.69) is 42.5 Å². The lowest BCUT2D eigenvalue weighted by Gasteiger charge is -2.52. The van der Waals surface area contributed by atoms with Crippen LogP contribution in [0.5, 0.6) is 0 Å². The molecule has 0 aromatic rings. The molecule has 26 N–H and O–H groups in total. The van der Waals surface area contributed by atoms with Gasteiger partial charge in [0.05, 0.1) is 52.9 Å². The van der Waals surface area contributed by atoms with Crippen molar-refractivity contribution in [3.63, 3.8) is 0 Å². The first-order valence-electron chi connectivity index (χ1n) is 36.1. The van der Waals surface area contributed by atoms with Gasteiger partial charge in [0.1, 0.15) is 195 Å². The van der Waals surface area contributed by atoms with E-state index in [1.165, 1.54) is 0 Å². The van der Waals surface area contributed by atoms with Gasteiger partial charge < -0.3 is 206 Å². The fourth-order valence-corrected chi connectivity index (χ4v) is 14.7. The van der Waals surface area contributed by atoms with Crippen LogP contribution in [0.15, 0.2) is 0 Å². The molecule has 0 saturated carbocycles. The van der Waals surface area contributed by atoms with Crippen molar-refractivity contribution in [3.05, 3.63) is 0 Å². The lowest BCUT2D eigenvalue weighted by molar-refractivity contribution is -0.374. The van der Waals surface area contributed by atoms with E-state index < -0.39 is 345 Å². The predicted octanol–water partition coefficient (Wildman–Crippen LogP) is -17.3. The molecular weight excluding hydrogens is 1540 g/mol. The van der Waals surface area contributed by atoms with Crippen LogP contribution in [0.25, 0.3) is 0 Å². The molecule has 8 fully saturated rings. The molecule has 0 aliphatic carbocycles. The van der Waals surface area contributed by atoms with Crippen LogP contribution in [0.3, 0.4) is 0 Å². The molecule has 0 radical (unpaired) electrons. The van der Waals surface area contributed by atoms with Gasteiger partial charge in [-0.2, -0.15) is 0 Å². The van der Waals surface area contributed by atoms with Gasteiger partial charge in [-0.1, -0.05) is 0 Å². The quantitative estimate of drug-likeness (QED) is 0.0318. The molecule has 113 heavy (non-hydrogen) atoms. The van der Waals surface area contributed by atoms with Gasteiger partial charge >= 0.3 is 0 Å². The summed E-state index contributed by atoms with van der Waals surface area (Å²) in [6, 6.07) is -14.1. The van der Waals surface area contributed by atoms with E-state index in [0.29, 0.717) is 0 Å². The molecule has 8 amide bonds. The lowest BCUT2D eigenvalue weighted by atomic mass is 9.92. The first-order chi connectivity index (χ1) is 53.4. The summed E-state index contributed by atoms with van der Waals surface area (Å²) in [5, 5.41) is 221. The summed E-state index contributed by atoms with van der Waals surface area (Å²) < 4.78 is 90.4. The van der Waals surface area contributed by atoms with Crippen LogP contribution in [-0.4, -0.2) is 437 Å². The average molecular weight is 1640 g/mol. The highest BCUT2D eigenvalue weighted by molar-refractivity contribution is 5.76. The van der Waals surface area contributed by atoms with Crippen molar-refractivity contribution in [3.8, 4) is 0 Å². The van der Waals surface area contributed by atoms with Gasteiger partial charge in [0.2, 0.25) is 47.3 Å². The Kier molecular flexibility index (Phi) is 33.9. The first-order valence-corrected chi connectivity index (χ1v) is 36.1. The van der Waals surface area contributed by atoms with Gasteiger partial charge in [-0.05, 0) is 0 Å². The number of aliphatic hydroxyl groups excluding tert-OH is 18. The van der Waals surface area contributed by atoms with Crippen LogP contribution >= 0.6 is 0 Å². The second-order valence-electron chi connectivity index (χ2n) is 28.3. The third kappa shape index (κ3) is 21.9. The number of carbonyl (C=O) groups excluding carboxylic acids is 8. The Balaban J connectivity index is 0.991. The molecule has 0 aromatic heterocycles. The number of nitrogens with one attached hydrogen (secondary N) is 8. The molecule has 40 atom stereocenters. The normalized spacial score (nSPS) is 44.2. The van der Waals surface area contributed by atoms with Crippen LogP contribution in [0, 0.1) is 0 Å². The minimum absolute atomic E-state index is 0.728. The van der Waals surface area contributed by atoms with E-state index >= 15 is 0 Å². The molecule has 0 bridgehead atoms. The Hall–Kier alpha value is -5.56. The maximum absolute atomic E-state index is 13.1. The largest absolute Gasteiger partial charge is 0.394 e. The van der Waals surface area contributed by atoms with Crippen molar-refractivity contribution in [2.75, 3.05) is 52.9 Å². The summed E-state index contributed by atoms with van der Waals surface area (Å²) in [6.45, 7) is -0.275. The highest BCUT2D eigenvalue weighted by Gasteiger charge is 2.61. The maximum Gasteiger partial charge on any atom is 0.217 e. The number of ether oxygens (including phenoxy) is 15. The minimum atomic E-state index is -2.17. The summed E-state index contributed by atoms with van der Waals surface area (Å²) in [5.41, 5.74) is 0. The second kappa shape index (κ2) is 41.2. The summed E-state index contributed by atoms with van der Waals surface area (Å²) in [6.07, 6.45) is -60.6. The third-order valence-electron chi connectivity index (χ3n) is 19.9. The van der Waals surface area contributed by atoms with Crippen molar-refractivity contribution < 1.29 is 201 Å². The van der Waals surface area contributed by atoms with Crippen molar-refractivity contribution in [1.82, 2.24) is 42.5 Å². The van der Waals surface area contributed by atoms with Crippen molar-refractivity contribution in [2.24, 2.45) is 0 Å². The van der Waals surface area contributed by atoms with Crippen LogP contribution in [0.2, 0.25) is 0 Å². The summed E-state index contributed by atoms with van der Waals surface area (Å²) >= 11 is 0. The van der Waals surface area contributed by atoms with Crippen LogP contribution in [0.1, 0.15) is 55.4 Å². The standard InChI is InChI=1S/C64H106N8O41/c1-17(81)65-33-43(91)50(26(10-74)99-57(33)98)107-59-35(67-19(3)83)45(93)52(28(12-76)101-59)109-61-37(69-21(5)85)47(95)54(30(14-78)103-61)111-63-39(71-23(7)87)49(97)56(32(16-80)105-63)113-64-40(72-24(8)88)48(96)55(31(15-79)106-64)112-62-38(70-22(6)86)46(94)53(29(13-77)104-62)110-60-36(68-20(4)84)44(92)51(27(11-75)102-60)108-58-34(66-18(2)82)42(90)41(89)25(9-73)100-58/h25-64,73-80,89-98H,9-16H2,1-8H3,(H,65,81)(H,66,82)(H,67,83)(H,68,84)(H,69,85)(H,70,86)(H,71,87)(H,72,88)/t25-,26+,27-,28+,29-,30+,31-,32-,33+,34-,35+,36-,37+,38-,39-,40-,41?,42+,43-,44+,45-,46+,47-,48+,49+,50?,51?,52?,53?,54?,55?,56?,57?,58?,59?,60?,61?,62?,63?,64?/m1/s1. The van der Waals surface area contributed by atoms with Crippen LogP contribution in [-0.2, 0) is 109 Å². The van der Waals surface area contributed by atoms with Gasteiger partial charge in [0, 0.05) is 55.4 Å². The van der Waals surface area contributed by atoms with Gasteiger partial charge in [-0.15, -0.1) is 0 Å². The Morgan fingerprint density at radius 1 is 0.212 bits per heavy atom. The first kappa shape index (κ1) is 92.9. The van der Waals surface area contributed by atoms with Crippen LogP contribution < -0.4 is 42.5 Å². The van der Waals surface area contributed by atoms with E-state index in [9.17, 15) is 130 Å². The fraction of sp³-hybridized carbons (Fsp3) is 0.875. The van der Waals surface area contributed by atoms with Gasteiger partial charge in [0.15, 0.2) is 50.3 Å². The zero-order valence-electron chi connectivity index (χ0n) is 62.2. The number of hydrogen-bond acceptors (Lipinski definition) is 41. The molecule has 16 unspecified atom stereocenters. The molecule has 8 saturated heterocycles. The Morgan fingerprint density at radius 3 is 0.522 bits per heavy atom. The predicted molar refractivity (Wildman–Crippen MR) is 357 cm³/mol. The fourth-order valence-electron chi connectivity index (χ4n) is 14.7. The number of amides is 8. The highest BCUT2D eigenvalue weighted by atomic mass is 16.8. The molecule has 0 spiro atoms. The molecule has 648 valence electrons. The number of hydrogen-bond donors (Lipinski definition) is 26. The van der Waals surface area contributed by atoms with E-state index in [1.807, 2.05) is 0 Å². The second-order valence-corrected chi connectivity index (χ2v) is 28.3. The number of carbonyl (C=O) groups is 8. The van der Waals surface area contributed by atoms with Gasteiger partial charge in [-0.3, -0.25) is 38.4 Å². The summed E-state index contributed by atoms with van der Waals surface area (Å²) in [7, 11) is 0. The topological polar surface area (TPSA) is 735 Å². The van der Waals surface area contributed by atoms with Gasteiger partial charge in [-0.25, -0.2) is 0 Å². The van der Waals surface area contributed by atoms with E-state index in [1.54, 1.807) is 0 Å². The summed E-state index contributed by atoms with van der Waals surface area (Å²) in [4.78, 5) is 102. The van der Waals surface area contributed by atoms with Crippen molar-refractivity contribution in [1.29, 1.82) is 0 Å². The molecule has 8 rings (SSSR count). The minimum Gasteiger partial charge on any atom is -0.394 e. The van der Waals surface area contributed by atoms with Crippen molar-refractivity contribution >= 4 is 47.3 Å². The Morgan fingerprint density at radius 2 is 0.354 bits per heavy atom. The van der Waals surface area contributed by atoms with Crippen molar-refractivity contribution in [2.45, 2.75) is 301 Å². The Labute approximate surface area is 642 Å². The number of aliphatic hydroxyl groups is 18. The SMILES string of the molecule is CC(=O)N[C@@H]1C(O)O[C@@H](CO)C(OC2O[C@@H](CO)C(OC3O[C@@H](CO)C(OC4O[C@H](CO)C(OC5O[C@H](CO)C(OC6O[C@H](CO)C(OC7O[C@H](CO)C(OC8O[C@H](CO)C(O)[C@@H](O)[C@H]8NC(C)=O)[C@@H](O)[C@H]7NC(C)=O)[C@@H](O)[C@H]6NC(C)=O)[C@@H](O)[C@H]5NC(C)=O)[C@@H](O)[C@H]4NC(C)=O)[C@H](O)[C@@H]3NC(C)=O)[C@H](O)[C@@H]2NC(C)=O)[C@@H]1O. The maximum atomic E-state index is 13.1. The molecule has 49 heteroatoms. The monoisotopic (exact) mass is 1640 g/mol. The van der Waals surface area contributed by atoms with Crippen LogP contribution in [0.4, 0.5) is 0 Å². The molecule has 8 heterocycles. The summed E-state index contributed by atoms with van der Waals surface area (Å²) in [5.74, 6) is -6.77. The highest BCUT2D eigenvalue weighted by Crippen LogP contribution is 2.39. The molecule has 49 nitrogen and oxygen atoms in total. The van der Waals surface area contributed by atoms with Gasteiger partial charge in [0.25, 0.3) is 0 Å². The molecule has 8 aliphatic rings. The molecular formula is C64H106N8O41.